The lowest BCUT2D eigenvalue weighted by atomic mass is 9.86. The molecule has 1 atom stereocenters. The number of rotatable bonds is 5. The fourth-order valence-corrected chi connectivity index (χ4v) is 3.94. The standard InChI is InChI=1S/C13H18O5S2/c1-17-13(14)12-8-10-7-9(3-4-11(10)19-12)5-6-18-20(2,15)16/h8-9H,3-7H2,1-2H3. The first kappa shape index (κ1) is 15.5. The lowest BCUT2D eigenvalue weighted by Gasteiger charge is -2.21. The zero-order chi connectivity index (χ0) is 14.8. The van der Waals surface area contributed by atoms with Crippen LogP contribution in [0.25, 0.3) is 0 Å². The molecule has 0 saturated carbocycles. The zero-order valence-electron chi connectivity index (χ0n) is 11.5. The second-order valence-electron chi connectivity index (χ2n) is 4.97. The van der Waals surface area contributed by atoms with E-state index in [9.17, 15) is 13.2 Å². The average Bonchev–Trinajstić information content (AvgIpc) is 2.79. The quantitative estimate of drug-likeness (QED) is 0.613. The van der Waals surface area contributed by atoms with Crippen LogP contribution >= 0.6 is 11.3 Å². The van der Waals surface area contributed by atoms with E-state index in [1.165, 1.54) is 28.9 Å². The van der Waals surface area contributed by atoms with Crippen LogP contribution in [-0.4, -0.2) is 34.4 Å². The summed E-state index contributed by atoms with van der Waals surface area (Å²) in [6.45, 7) is 0.229. The van der Waals surface area contributed by atoms with Gasteiger partial charge < -0.3 is 4.74 Å². The number of hydrogen-bond acceptors (Lipinski definition) is 6. The molecule has 0 amide bonds. The predicted octanol–water partition coefficient (Wildman–Crippen LogP) is 2.01. The largest absolute Gasteiger partial charge is 0.465 e. The van der Waals surface area contributed by atoms with E-state index in [2.05, 4.69) is 0 Å². The number of hydrogen-bond donors (Lipinski definition) is 0. The molecule has 1 unspecified atom stereocenters. The van der Waals surface area contributed by atoms with E-state index < -0.39 is 10.1 Å². The molecule has 0 spiro atoms. The minimum atomic E-state index is -3.36. The van der Waals surface area contributed by atoms with Crippen molar-refractivity contribution in [3.05, 3.63) is 21.4 Å². The van der Waals surface area contributed by atoms with Gasteiger partial charge in [-0.25, -0.2) is 4.79 Å². The molecule has 0 saturated heterocycles. The molecular formula is C13H18O5S2. The summed E-state index contributed by atoms with van der Waals surface area (Å²) in [7, 11) is -1.97. The van der Waals surface area contributed by atoms with Crippen LogP contribution in [0.15, 0.2) is 6.07 Å². The third kappa shape index (κ3) is 4.04. The molecule has 20 heavy (non-hydrogen) atoms. The predicted molar refractivity (Wildman–Crippen MR) is 76.6 cm³/mol. The Hall–Kier alpha value is -0.920. The first-order valence-corrected chi connectivity index (χ1v) is 9.06. The fourth-order valence-electron chi connectivity index (χ4n) is 2.41. The molecule has 0 aromatic carbocycles. The van der Waals surface area contributed by atoms with Gasteiger partial charge in [0.05, 0.1) is 20.0 Å². The molecule has 0 aliphatic heterocycles. The van der Waals surface area contributed by atoms with E-state index in [0.717, 1.165) is 31.9 Å². The minimum absolute atomic E-state index is 0.229. The minimum Gasteiger partial charge on any atom is -0.465 e. The van der Waals surface area contributed by atoms with Gasteiger partial charge in [0, 0.05) is 4.88 Å². The fraction of sp³-hybridized carbons (Fsp3) is 0.615. The summed E-state index contributed by atoms with van der Waals surface area (Å²) in [6, 6.07) is 1.90. The number of esters is 1. The Balaban J connectivity index is 1.93. The lowest BCUT2D eigenvalue weighted by molar-refractivity contribution is 0.0606. The van der Waals surface area contributed by atoms with Crippen LogP contribution in [0.1, 0.15) is 33.0 Å². The van der Waals surface area contributed by atoms with Crippen LogP contribution in [0.3, 0.4) is 0 Å². The first-order chi connectivity index (χ1) is 9.39. The Bertz CT molecular complexity index is 588. The van der Waals surface area contributed by atoms with E-state index in [1.54, 1.807) is 0 Å². The van der Waals surface area contributed by atoms with E-state index >= 15 is 0 Å². The second kappa shape index (κ2) is 6.24. The highest BCUT2D eigenvalue weighted by Crippen LogP contribution is 2.33. The number of carbonyl (C=O) groups is 1. The highest BCUT2D eigenvalue weighted by molar-refractivity contribution is 7.85. The number of fused-ring (bicyclic) bond motifs is 1. The normalized spacial score (nSPS) is 18.6. The second-order valence-corrected chi connectivity index (χ2v) is 7.75. The Morgan fingerprint density at radius 1 is 1.50 bits per heavy atom. The van der Waals surface area contributed by atoms with Crippen molar-refractivity contribution < 1.29 is 22.1 Å². The van der Waals surface area contributed by atoms with Crippen molar-refractivity contribution in [2.24, 2.45) is 5.92 Å². The van der Waals surface area contributed by atoms with Crippen molar-refractivity contribution >= 4 is 27.4 Å². The van der Waals surface area contributed by atoms with Gasteiger partial charge >= 0.3 is 5.97 Å². The van der Waals surface area contributed by atoms with E-state index in [0.29, 0.717) is 10.8 Å². The van der Waals surface area contributed by atoms with Crippen molar-refractivity contribution in [2.75, 3.05) is 20.0 Å². The average molecular weight is 318 g/mol. The van der Waals surface area contributed by atoms with Crippen LogP contribution < -0.4 is 0 Å². The molecule has 0 bridgehead atoms. The van der Waals surface area contributed by atoms with Crippen molar-refractivity contribution in [1.82, 2.24) is 0 Å². The number of thiophene rings is 1. The monoisotopic (exact) mass is 318 g/mol. The summed E-state index contributed by atoms with van der Waals surface area (Å²) in [5.41, 5.74) is 1.19. The molecule has 1 heterocycles. The van der Waals surface area contributed by atoms with Gasteiger partial charge in [-0.05, 0) is 43.2 Å². The molecule has 0 radical (unpaired) electrons. The lowest BCUT2D eigenvalue weighted by Crippen LogP contribution is -2.15. The van der Waals surface area contributed by atoms with Gasteiger partial charge in [-0.1, -0.05) is 0 Å². The van der Waals surface area contributed by atoms with Crippen LogP contribution in [0.5, 0.6) is 0 Å². The van der Waals surface area contributed by atoms with Gasteiger partial charge in [-0.15, -0.1) is 11.3 Å². The summed E-state index contributed by atoms with van der Waals surface area (Å²) in [6.07, 6.45) is 4.58. The Kier molecular flexibility index (Phi) is 4.82. The van der Waals surface area contributed by atoms with Crippen LogP contribution in [0.2, 0.25) is 0 Å². The molecule has 1 aromatic heterocycles. The van der Waals surface area contributed by atoms with Crippen LogP contribution in [0, 0.1) is 5.92 Å². The van der Waals surface area contributed by atoms with Gasteiger partial charge in [0.1, 0.15) is 4.88 Å². The summed E-state index contributed by atoms with van der Waals surface area (Å²) < 4.78 is 31.3. The Morgan fingerprint density at radius 2 is 2.25 bits per heavy atom. The summed E-state index contributed by atoms with van der Waals surface area (Å²) >= 11 is 1.50. The number of carbonyl (C=O) groups excluding carboxylic acids is 1. The van der Waals surface area contributed by atoms with Crippen molar-refractivity contribution in [2.45, 2.75) is 25.7 Å². The highest BCUT2D eigenvalue weighted by atomic mass is 32.2. The van der Waals surface area contributed by atoms with E-state index in [4.69, 9.17) is 8.92 Å². The maximum absolute atomic E-state index is 11.5. The molecule has 1 aliphatic rings. The molecular weight excluding hydrogens is 300 g/mol. The molecule has 1 aliphatic carbocycles. The van der Waals surface area contributed by atoms with Crippen LogP contribution in [0.4, 0.5) is 0 Å². The third-order valence-electron chi connectivity index (χ3n) is 3.39. The summed E-state index contributed by atoms with van der Waals surface area (Å²) in [5, 5.41) is 0. The van der Waals surface area contributed by atoms with E-state index in [-0.39, 0.29) is 12.6 Å². The molecule has 0 N–H and O–H groups in total. The summed E-state index contributed by atoms with van der Waals surface area (Å²) in [5.74, 6) is 0.116. The molecule has 112 valence electrons. The van der Waals surface area contributed by atoms with Crippen molar-refractivity contribution in [3.63, 3.8) is 0 Å². The van der Waals surface area contributed by atoms with E-state index in [1.807, 2.05) is 6.07 Å². The highest BCUT2D eigenvalue weighted by Gasteiger charge is 2.23. The molecule has 0 fully saturated rings. The van der Waals surface area contributed by atoms with Gasteiger partial charge in [0.25, 0.3) is 10.1 Å². The van der Waals surface area contributed by atoms with Crippen LogP contribution in [-0.2, 0) is 31.9 Å². The van der Waals surface area contributed by atoms with Gasteiger partial charge in [-0.2, -0.15) is 8.42 Å². The number of methoxy groups -OCH3 is 1. The van der Waals surface area contributed by atoms with Gasteiger partial charge in [-0.3, -0.25) is 4.18 Å². The topological polar surface area (TPSA) is 69.7 Å². The Morgan fingerprint density at radius 3 is 2.90 bits per heavy atom. The van der Waals surface area contributed by atoms with Crippen molar-refractivity contribution in [3.8, 4) is 0 Å². The molecule has 7 heteroatoms. The molecule has 2 rings (SSSR count). The zero-order valence-corrected chi connectivity index (χ0v) is 13.2. The number of ether oxygens (including phenoxy) is 1. The SMILES string of the molecule is COC(=O)c1cc2c(s1)CCC(CCOS(C)(=O)=O)C2. The smallest absolute Gasteiger partial charge is 0.348 e. The van der Waals surface area contributed by atoms with Gasteiger partial charge in [0.2, 0.25) is 0 Å². The Labute approximate surface area is 123 Å². The summed E-state index contributed by atoms with van der Waals surface area (Å²) in [4.78, 5) is 13.4. The first-order valence-electron chi connectivity index (χ1n) is 6.43. The molecule has 1 aromatic rings. The molecule has 5 nitrogen and oxygen atoms in total. The third-order valence-corrected chi connectivity index (χ3v) is 5.21. The number of aryl methyl sites for hydroxylation is 1. The van der Waals surface area contributed by atoms with Gasteiger partial charge in [0.15, 0.2) is 0 Å². The van der Waals surface area contributed by atoms with Crippen molar-refractivity contribution in [1.29, 1.82) is 0 Å². The maximum atomic E-state index is 11.5. The maximum Gasteiger partial charge on any atom is 0.348 e.